The molecule has 0 spiro atoms. The van der Waals surface area contributed by atoms with Crippen molar-refractivity contribution < 1.29 is 8.42 Å². The number of benzene rings is 2. The molecule has 0 fully saturated rings. The largest absolute Gasteiger partial charge is 0.280 e. The molecule has 3 nitrogen and oxygen atoms in total. The Morgan fingerprint density at radius 3 is 2.05 bits per heavy atom. The molecule has 2 aromatic carbocycles. The molecule has 0 amide bonds. The fourth-order valence-corrected chi connectivity index (χ4v) is 3.76. The molecular weight excluding hydrogens is 408 g/mol. The molecule has 2 rings (SSSR count). The van der Waals surface area contributed by atoms with Crippen molar-refractivity contribution >= 4 is 66.4 Å². The predicted octanol–water partition coefficient (Wildman–Crippen LogP) is 5.21. The van der Waals surface area contributed by atoms with Crippen LogP contribution in [0.2, 0.25) is 15.1 Å². The number of anilines is 1. The van der Waals surface area contributed by atoms with Crippen LogP contribution in [0.1, 0.15) is 0 Å². The molecule has 0 aliphatic heterocycles. The fraction of sp³-hybridized carbons (Fsp3) is 0. The van der Waals surface area contributed by atoms with Crippen molar-refractivity contribution in [3.8, 4) is 0 Å². The van der Waals surface area contributed by atoms with Gasteiger partial charge in [0, 0.05) is 10.2 Å². The number of nitrogens with one attached hydrogen (secondary N) is 1. The Bertz CT molecular complexity index is 748. The van der Waals surface area contributed by atoms with E-state index in [-0.39, 0.29) is 20.0 Å². The monoisotopic (exact) mass is 413 g/mol. The van der Waals surface area contributed by atoms with E-state index in [0.717, 1.165) is 4.47 Å². The van der Waals surface area contributed by atoms with Gasteiger partial charge >= 0.3 is 0 Å². The summed E-state index contributed by atoms with van der Waals surface area (Å²) in [5.74, 6) is 0. The minimum atomic E-state index is -3.84. The van der Waals surface area contributed by atoms with Gasteiger partial charge in [0.1, 0.15) is 4.90 Å². The van der Waals surface area contributed by atoms with E-state index >= 15 is 0 Å². The van der Waals surface area contributed by atoms with Crippen molar-refractivity contribution in [1.82, 2.24) is 0 Å². The Morgan fingerprint density at radius 2 is 1.45 bits per heavy atom. The number of sulfonamides is 1. The summed E-state index contributed by atoms with van der Waals surface area (Å²) < 4.78 is 27.8. The van der Waals surface area contributed by atoms with Gasteiger partial charge in [-0.15, -0.1) is 0 Å². The van der Waals surface area contributed by atoms with Gasteiger partial charge in [-0.3, -0.25) is 4.72 Å². The highest BCUT2D eigenvalue weighted by molar-refractivity contribution is 9.10. The van der Waals surface area contributed by atoms with Crippen molar-refractivity contribution in [3.63, 3.8) is 0 Å². The van der Waals surface area contributed by atoms with Crippen molar-refractivity contribution in [1.29, 1.82) is 0 Å². The van der Waals surface area contributed by atoms with E-state index in [2.05, 4.69) is 20.7 Å². The molecule has 20 heavy (non-hydrogen) atoms. The Balaban J connectivity index is 2.40. The first-order chi connectivity index (χ1) is 9.29. The first kappa shape index (κ1) is 15.9. The first-order valence-corrected chi connectivity index (χ1v) is 8.63. The van der Waals surface area contributed by atoms with Crippen LogP contribution < -0.4 is 4.72 Å². The molecule has 0 heterocycles. The average Bonchev–Trinajstić information content (AvgIpc) is 2.36. The fourth-order valence-electron chi connectivity index (χ4n) is 1.44. The number of hydrogen-bond acceptors (Lipinski definition) is 2. The highest BCUT2D eigenvalue weighted by atomic mass is 79.9. The summed E-state index contributed by atoms with van der Waals surface area (Å²) in [6.45, 7) is 0. The van der Waals surface area contributed by atoms with E-state index in [1.807, 2.05) is 0 Å². The second-order valence-corrected chi connectivity index (χ2v) is 7.60. The van der Waals surface area contributed by atoms with Crippen LogP contribution in [0.3, 0.4) is 0 Å². The van der Waals surface area contributed by atoms with Crippen LogP contribution in [0.25, 0.3) is 0 Å². The van der Waals surface area contributed by atoms with E-state index in [1.165, 1.54) is 12.1 Å². The Morgan fingerprint density at radius 1 is 0.900 bits per heavy atom. The second kappa shape index (κ2) is 6.12. The number of halogens is 4. The van der Waals surface area contributed by atoms with Crippen LogP contribution in [-0.4, -0.2) is 8.42 Å². The highest BCUT2D eigenvalue weighted by Gasteiger charge is 2.20. The third-order valence-corrected chi connectivity index (χ3v) is 5.46. The minimum absolute atomic E-state index is 0.00371. The highest BCUT2D eigenvalue weighted by Crippen LogP contribution is 2.32. The quantitative estimate of drug-likeness (QED) is 0.700. The summed E-state index contributed by atoms with van der Waals surface area (Å²) in [5.41, 5.74) is 0.412. The lowest BCUT2D eigenvalue weighted by Crippen LogP contribution is -2.13. The molecular formula is C12H7BrCl3NO2S. The van der Waals surface area contributed by atoms with Gasteiger partial charge in [-0.25, -0.2) is 8.42 Å². The van der Waals surface area contributed by atoms with Crippen LogP contribution in [0.4, 0.5) is 5.69 Å². The molecule has 0 aliphatic carbocycles. The third kappa shape index (κ3) is 3.59. The van der Waals surface area contributed by atoms with Crippen LogP contribution in [0.5, 0.6) is 0 Å². The van der Waals surface area contributed by atoms with Gasteiger partial charge in [0.25, 0.3) is 10.0 Å². The molecule has 106 valence electrons. The van der Waals surface area contributed by atoms with Crippen molar-refractivity contribution in [2.75, 3.05) is 4.72 Å². The van der Waals surface area contributed by atoms with E-state index in [0.29, 0.717) is 5.69 Å². The molecule has 0 aliphatic rings. The summed E-state index contributed by atoms with van der Waals surface area (Å²) in [6, 6.07) is 9.18. The van der Waals surface area contributed by atoms with Gasteiger partial charge in [-0.2, -0.15) is 0 Å². The molecule has 0 atom stereocenters. The molecule has 0 unspecified atom stereocenters. The van der Waals surface area contributed by atoms with Crippen LogP contribution >= 0.6 is 50.7 Å². The zero-order valence-electron chi connectivity index (χ0n) is 9.70. The van der Waals surface area contributed by atoms with E-state index < -0.39 is 10.0 Å². The maximum Gasteiger partial charge on any atom is 0.263 e. The molecule has 8 heteroatoms. The Hall–Kier alpha value is -0.460. The lowest BCUT2D eigenvalue weighted by Gasteiger charge is -2.10. The van der Waals surface area contributed by atoms with Gasteiger partial charge in [0.15, 0.2) is 0 Å². The second-order valence-electron chi connectivity index (χ2n) is 3.81. The standard InChI is InChI=1S/C12H7BrCl3NO2S/c13-7-1-3-8(4-2-7)17-20(18,19)12-6-10(15)9(14)5-11(12)16/h1-6,17H. The van der Waals surface area contributed by atoms with Gasteiger partial charge in [0.2, 0.25) is 0 Å². The van der Waals surface area contributed by atoms with E-state index in [1.54, 1.807) is 24.3 Å². The normalized spacial score (nSPS) is 11.4. The number of rotatable bonds is 3. The Labute approximate surface area is 140 Å². The lowest BCUT2D eigenvalue weighted by molar-refractivity contribution is 0.601. The summed E-state index contributed by atoms with van der Waals surface area (Å²) >= 11 is 20.8. The first-order valence-electron chi connectivity index (χ1n) is 5.22. The zero-order valence-corrected chi connectivity index (χ0v) is 14.4. The molecule has 2 aromatic rings. The zero-order chi connectivity index (χ0) is 14.9. The summed E-state index contributed by atoms with van der Waals surface area (Å²) in [7, 11) is -3.84. The van der Waals surface area contributed by atoms with Crippen LogP contribution in [-0.2, 0) is 10.0 Å². The van der Waals surface area contributed by atoms with Crippen molar-refractivity contribution in [3.05, 3.63) is 55.9 Å². The van der Waals surface area contributed by atoms with Crippen molar-refractivity contribution in [2.24, 2.45) is 0 Å². The molecule has 1 N–H and O–H groups in total. The van der Waals surface area contributed by atoms with E-state index in [4.69, 9.17) is 34.8 Å². The SMILES string of the molecule is O=S(=O)(Nc1ccc(Br)cc1)c1cc(Cl)c(Cl)cc1Cl. The van der Waals surface area contributed by atoms with Gasteiger partial charge in [-0.05, 0) is 36.4 Å². The van der Waals surface area contributed by atoms with Crippen molar-refractivity contribution in [2.45, 2.75) is 4.90 Å². The molecule has 0 bridgehead atoms. The minimum Gasteiger partial charge on any atom is -0.280 e. The summed E-state index contributed by atoms with van der Waals surface area (Å²) in [5, 5.41) is 0.315. The Kier molecular flexibility index (Phi) is 4.87. The third-order valence-electron chi connectivity index (χ3n) is 2.36. The van der Waals surface area contributed by atoms with E-state index in [9.17, 15) is 8.42 Å². The molecule has 0 aromatic heterocycles. The van der Waals surface area contributed by atoms with Gasteiger partial charge in [-0.1, -0.05) is 50.7 Å². The molecule has 0 radical (unpaired) electrons. The smallest absolute Gasteiger partial charge is 0.263 e. The predicted molar refractivity (Wildman–Crippen MR) is 86.4 cm³/mol. The average molecular weight is 416 g/mol. The summed E-state index contributed by atoms with van der Waals surface area (Å²) in [4.78, 5) is -0.128. The van der Waals surface area contributed by atoms with Gasteiger partial charge < -0.3 is 0 Å². The molecule has 0 saturated heterocycles. The summed E-state index contributed by atoms with van der Waals surface area (Å²) in [6.07, 6.45) is 0. The maximum atomic E-state index is 12.3. The van der Waals surface area contributed by atoms with Crippen LogP contribution in [0, 0.1) is 0 Å². The van der Waals surface area contributed by atoms with Crippen LogP contribution in [0.15, 0.2) is 45.8 Å². The lowest BCUT2D eigenvalue weighted by atomic mass is 10.3. The molecule has 0 saturated carbocycles. The topological polar surface area (TPSA) is 46.2 Å². The number of hydrogen-bond donors (Lipinski definition) is 1. The van der Waals surface area contributed by atoms with Gasteiger partial charge in [0.05, 0.1) is 15.1 Å². The maximum absolute atomic E-state index is 12.3.